The first kappa shape index (κ1) is 13.4. The minimum Gasteiger partial charge on any atom is -0.476 e. The lowest BCUT2D eigenvalue weighted by atomic mass is 10.1. The average molecular weight is 265 g/mol. The lowest BCUT2D eigenvalue weighted by Crippen LogP contribution is -2.52. The number of hydrogen-bond acceptors (Lipinski definition) is 5. The predicted molar refractivity (Wildman–Crippen MR) is 64.9 cm³/mol. The molecule has 0 aliphatic carbocycles. The molecule has 1 fully saturated rings. The molecule has 1 aliphatic heterocycles. The highest BCUT2D eigenvalue weighted by Crippen LogP contribution is 2.16. The van der Waals surface area contributed by atoms with Gasteiger partial charge in [0.2, 0.25) is 0 Å². The van der Waals surface area contributed by atoms with Crippen molar-refractivity contribution in [1.29, 1.82) is 0 Å². The van der Waals surface area contributed by atoms with Crippen LogP contribution in [0.2, 0.25) is 0 Å². The van der Waals surface area contributed by atoms with Crippen molar-refractivity contribution in [3.05, 3.63) is 23.8 Å². The number of carboxylic acid groups (broad SMARTS) is 1. The molecule has 1 aromatic rings. The van der Waals surface area contributed by atoms with Crippen LogP contribution >= 0.6 is 0 Å². The van der Waals surface area contributed by atoms with Crippen LogP contribution in [0.4, 0.5) is 0 Å². The second-order valence-electron chi connectivity index (χ2n) is 4.54. The molecule has 2 atom stereocenters. The number of rotatable bonds is 2. The Hall–Kier alpha value is -2.02. The van der Waals surface area contributed by atoms with E-state index < -0.39 is 5.97 Å². The van der Waals surface area contributed by atoms with Gasteiger partial charge in [-0.1, -0.05) is 0 Å². The molecule has 0 bridgehead atoms. The lowest BCUT2D eigenvalue weighted by molar-refractivity contribution is -0.0252. The zero-order chi connectivity index (χ0) is 14.0. The molecule has 7 heteroatoms. The maximum Gasteiger partial charge on any atom is 0.356 e. The van der Waals surface area contributed by atoms with Crippen LogP contribution in [0.5, 0.6) is 0 Å². The molecule has 1 aromatic heterocycles. The lowest BCUT2D eigenvalue weighted by Gasteiger charge is -2.38. The first-order chi connectivity index (χ1) is 9.00. The normalized spacial score (nSPS) is 23.2. The maximum absolute atomic E-state index is 12.3. The molecule has 102 valence electrons. The molecule has 2 rings (SSSR count). The number of ether oxygens (including phenoxy) is 1. The number of amides is 1. The number of carbonyl (C=O) groups excluding carboxylic acids is 1. The molecule has 0 aromatic carbocycles. The topological polar surface area (TPSA) is 92.6 Å². The van der Waals surface area contributed by atoms with Gasteiger partial charge in [-0.15, -0.1) is 0 Å². The summed E-state index contributed by atoms with van der Waals surface area (Å²) in [6.45, 7) is 4.76. The third-order valence-electron chi connectivity index (χ3n) is 2.99. The van der Waals surface area contributed by atoms with Gasteiger partial charge >= 0.3 is 5.97 Å². The van der Waals surface area contributed by atoms with Gasteiger partial charge in [-0.3, -0.25) is 4.79 Å². The summed E-state index contributed by atoms with van der Waals surface area (Å²) in [7, 11) is 0. The minimum absolute atomic E-state index is 0.0443. The van der Waals surface area contributed by atoms with Crippen molar-refractivity contribution >= 4 is 11.9 Å². The summed E-state index contributed by atoms with van der Waals surface area (Å²) in [4.78, 5) is 32.3. The van der Waals surface area contributed by atoms with Crippen molar-refractivity contribution in [3.8, 4) is 0 Å². The Kier molecular flexibility index (Phi) is 3.75. The van der Waals surface area contributed by atoms with Crippen LogP contribution in [0, 0.1) is 0 Å². The summed E-state index contributed by atoms with van der Waals surface area (Å²) in [5.41, 5.74) is -0.0368. The van der Waals surface area contributed by atoms with Crippen LogP contribution in [0.3, 0.4) is 0 Å². The van der Waals surface area contributed by atoms with Crippen LogP contribution in [0.15, 0.2) is 12.4 Å². The number of morpholine rings is 1. The standard InChI is InChI=1S/C12H15N3O4/c1-7-5-19-6-8(2)15(7)11(16)9-3-14-10(4-13-9)12(17)18/h3-4,7-8H,5-6H2,1-2H3,(H,17,18). The highest BCUT2D eigenvalue weighted by Gasteiger charge is 2.31. The minimum atomic E-state index is -1.17. The summed E-state index contributed by atoms with van der Waals surface area (Å²) in [6.07, 6.45) is 2.28. The van der Waals surface area contributed by atoms with Gasteiger partial charge in [-0.05, 0) is 13.8 Å². The fourth-order valence-corrected chi connectivity index (χ4v) is 2.09. The van der Waals surface area contributed by atoms with E-state index in [-0.39, 0.29) is 29.4 Å². The number of nitrogens with zero attached hydrogens (tertiary/aromatic N) is 3. The molecular formula is C12H15N3O4. The van der Waals surface area contributed by atoms with Crippen LogP contribution in [0.1, 0.15) is 34.8 Å². The van der Waals surface area contributed by atoms with E-state index >= 15 is 0 Å². The molecule has 0 spiro atoms. The molecule has 1 N–H and O–H groups in total. The van der Waals surface area contributed by atoms with E-state index in [0.29, 0.717) is 13.2 Å². The van der Waals surface area contributed by atoms with Gasteiger partial charge in [-0.2, -0.15) is 0 Å². The Morgan fingerprint density at radius 1 is 1.21 bits per heavy atom. The van der Waals surface area contributed by atoms with Crippen LogP contribution in [-0.4, -0.2) is 57.1 Å². The van der Waals surface area contributed by atoms with E-state index in [1.165, 1.54) is 6.20 Å². The van der Waals surface area contributed by atoms with E-state index in [1.54, 1.807) is 4.90 Å². The molecule has 7 nitrogen and oxygen atoms in total. The van der Waals surface area contributed by atoms with Gasteiger partial charge in [0.15, 0.2) is 5.69 Å². The Morgan fingerprint density at radius 2 is 1.74 bits per heavy atom. The quantitative estimate of drug-likeness (QED) is 0.833. The second kappa shape index (κ2) is 5.31. The maximum atomic E-state index is 12.3. The van der Waals surface area contributed by atoms with Gasteiger partial charge in [0.1, 0.15) is 5.69 Å². The Morgan fingerprint density at radius 3 is 2.21 bits per heavy atom. The Bertz CT molecular complexity index is 478. The molecule has 0 radical (unpaired) electrons. The zero-order valence-corrected chi connectivity index (χ0v) is 10.7. The molecule has 2 heterocycles. The van der Waals surface area contributed by atoms with E-state index in [9.17, 15) is 9.59 Å². The second-order valence-corrected chi connectivity index (χ2v) is 4.54. The van der Waals surface area contributed by atoms with Gasteiger partial charge in [0.25, 0.3) is 5.91 Å². The highest BCUT2D eigenvalue weighted by atomic mass is 16.5. The molecule has 2 unspecified atom stereocenters. The number of carbonyl (C=O) groups is 2. The number of hydrogen-bond donors (Lipinski definition) is 1. The zero-order valence-electron chi connectivity index (χ0n) is 10.7. The molecule has 1 amide bonds. The van der Waals surface area contributed by atoms with Gasteiger partial charge in [0.05, 0.1) is 37.7 Å². The number of aromatic carboxylic acids is 1. The molecule has 0 saturated carbocycles. The third kappa shape index (κ3) is 2.70. The van der Waals surface area contributed by atoms with Crippen molar-refractivity contribution in [1.82, 2.24) is 14.9 Å². The number of carboxylic acids is 1. The van der Waals surface area contributed by atoms with Gasteiger partial charge < -0.3 is 14.7 Å². The third-order valence-corrected chi connectivity index (χ3v) is 2.99. The van der Waals surface area contributed by atoms with Crippen molar-refractivity contribution in [3.63, 3.8) is 0 Å². The van der Waals surface area contributed by atoms with E-state index in [2.05, 4.69) is 9.97 Å². The Labute approximate surface area is 110 Å². The summed E-state index contributed by atoms with van der Waals surface area (Å²) in [6, 6.07) is -0.0885. The van der Waals surface area contributed by atoms with Crippen LogP contribution < -0.4 is 0 Å². The summed E-state index contributed by atoms with van der Waals surface area (Å²) >= 11 is 0. The molecule has 1 saturated heterocycles. The largest absolute Gasteiger partial charge is 0.476 e. The SMILES string of the molecule is CC1COCC(C)N1C(=O)c1cnc(C(=O)O)cn1. The fourth-order valence-electron chi connectivity index (χ4n) is 2.09. The van der Waals surface area contributed by atoms with Crippen molar-refractivity contribution in [2.24, 2.45) is 0 Å². The smallest absolute Gasteiger partial charge is 0.356 e. The molecule has 1 aliphatic rings. The predicted octanol–water partition coefficient (Wildman–Crippen LogP) is 0.424. The van der Waals surface area contributed by atoms with Gasteiger partial charge in [0, 0.05) is 0 Å². The van der Waals surface area contributed by atoms with E-state index in [1.807, 2.05) is 13.8 Å². The van der Waals surface area contributed by atoms with Crippen LogP contribution in [0.25, 0.3) is 0 Å². The van der Waals surface area contributed by atoms with E-state index in [4.69, 9.17) is 9.84 Å². The van der Waals surface area contributed by atoms with E-state index in [0.717, 1.165) is 6.20 Å². The van der Waals surface area contributed by atoms with Crippen molar-refractivity contribution in [2.75, 3.05) is 13.2 Å². The first-order valence-electron chi connectivity index (χ1n) is 5.96. The summed E-state index contributed by atoms with van der Waals surface area (Å²) in [5.74, 6) is -1.42. The fraction of sp³-hybridized carbons (Fsp3) is 0.500. The molecular weight excluding hydrogens is 250 g/mol. The van der Waals surface area contributed by atoms with Gasteiger partial charge in [-0.25, -0.2) is 14.8 Å². The average Bonchev–Trinajstić information content (AvgIpc) is 2.38. The van der Waals surface area contributed by atoms with Crippen molar-refractivity contribution in [2.45, 2.75) is 25.9 Å². The number of aromatic nitrogens is 2. The summed E-state index contributed by atoms with van der Waals surface area (Å²) < 4.78 is 5.35. The monoisotopic (exact) mass is 265 g/mol. The highest BCUT2D eigenvalue weighted by molar-refractivity contribution is 5.93. The molecule has 19 heavy (non-hydrogen) atoms. The summed E-state index contributed by atoms with van der Waals surface area (Å²) in [5, 5.41) is 8.73. The first-order valence-corrected chi connectivity index (χ1v) is 5.96. The van der Waals surface area contributed by atoms with Crippen molar-refractivity contribution < 1.29 is 19.4 Å². The Balaban J connectivity index is 2.20. The van der Waals surface area contributed by atoms with Crippen LogP contribution in [-0.2, 0) is 4.74 Å².